The smallest absolute Gasteiger partial charge is 0.223 e. The second kappa shape index (κ2) is 6.04. The molecule has 2 heterocycles. The van der Waals surface area contributed by atoms with Gasteiger partial charge in [0.2, 0.25) is 5.91 Å². The number of fused-ring (bicyclic) bond motifs is 1. The van der Waals surface area contributed by atoms with E-state index < -0.39 is 0 Å². The van der Waals surface area contributed by atoms with Crippen molar-refractivity contribution < 1.29 is 4.79 Å². The predicted molar refractivity (Wildman–Crippen MR) is 83.7 cm³/mol. The van der Waals surface area contributed by atoms with Crippen LogP contribution in [0.3, 0.4) is 0 Å². The number of amides is 1. The summed E-state index contributed by atoms with van der Waals surface area (Å²) in [5.74, 6) is 0.864. The molecule has 1 aromatic carbocycles. The normalized spacial score (nSPS) is 26.5. The maximum atomic E-state index is 12.3. The van der Waals surface area contributed by atoms with Gasteiger partial charge in [-0.25, -0.2) is 0 Å². The molecule has 0 aliphatic carbocycles. The van der Waals surface area contributed by atoms with Gasteiger partial charge in [0.05, 0.1) is 0 Å². The van der Waals surface area contributed by atoms with Crippen LogP contribution in [0.1, 0.15) is 24.8 Å². The van der Waals surface area contributed by atoms with Gasteiger partial charge in [-0.3, -0.25) is 4.79 Å². The predicted octanol–water partition coefficient (Wildman–Crippen LogP) is 3.20. The van der Waals surface area contributed by atoms with Gasteiger partial charge < -0.3 is 10.2 Å². The highest BCUT2D eigenvalue weighted by molar-refractivity contribution is 9.10. The van der Waals surface area contributed by atoms with Gasteiger partial charge >= 0.3 is 0 Å². The summed E-state index contributed by atoms with van der Waals surface area (Å²) in [4.78, 5) is 14.3. The van der Waals surface area contributed by atoms with Gasteiger partial charge in [0.15, 0.2) is 0 Å². The van der Waals surface area contributed by atoms with Crippen LogP contribution in [0.4, 0.5) is 0 Å². The Morgan fingerprint density at radius 3 is 3.05 bits per heavy atom. The van der Waals surface area contributed by atoms with Crippen molar-refractivity contribution in [2.75, 3.05) is 13.1 Å². The molecular weight excluding hydrogens is 340 g/mol. The topological polar surface area (TPSA) is 32.3 Å². The minimum absolute atomic E-state index is 0.270. The molecule has 0 saturated carbocycles. The average molecular weight is 358 g/mol. The Bertz CT molecular complexity index is 523. The molecule has 2 unspecified atom stereocenters. The number of piperidine rings is 2. The van der Waals surface area contributed by atoms with Crippen LogP contribution in [0.15, 0.2) is 22.7 Å². The molecule has 3 nitrogen and oxygen atoms in total. The van der Waals surface area contributed by atoms with Gasteiger partial charge in [0, 0.05) is 28.5 Å². The molecule has 0 bridgehead atoms. The zero-order chi connectivity index (χ0) is 14.1. The van der Waals surface area contributed by atoms with Crippen molar-refractivity contribution >= 4 is 33.4 Å². The second-order valence-electron chi connectivity index (χ2n) is 5.62. The fraction of sp³-hybridized carbons (Fsp3) is 0.533. The molecule has 5 heteroatoms. The first kappa shape index (κ1) is 14.4. The van der Waals surface area contributed by atoms with E-state index in [4.69, 9.17) is 11.6 Å². The molecule has 0 aromatic heterocycles. The molecule has 3 rings (SSSR count). The Morgan fingerprint density at radius 1 is 1.40 bits per heavy atom. The molecule has 20 heavy (non-hydrogen) atoms. The molecule has 1 aromatic rings. The number of likely N-dealkylation sites (tertiary alicyclic amines) is 1. The highest BCUT2D eigenvalue weighted by Crippen LogP contribution is 2.31. The van der Waals surface area contributed by atoms with Crippen molar-refractivity contribution in [1.82, 2.24) is 10.2 Å². The minimum Gasteiger partial charge on any atom is -0.335 e. The zero-order valence-electron chi connectivity index (χ0n) is 11.2. The van der Waals surface area contributed by atoms with Crippen LogP contribution in [-0.2, 0) is 11.3 Å². The number of carbonyl (C=O) groups is 1. The highest BCUT2D eigenvalue weighted by Gasteiger charge is 2.37. The first-order valence-electron chi connectivity index (χ1n) is 7.09. The Morgan fingerprint density at radius 2 is 2.25 bits per heavy atom. The second-order valence-corrected chi connectivity index (χ2v) is 6.94. The number of hydrogen-bond donors (Lipinski definition) is 1. The van der Waals surface area contributed by atoms with Crippen LogP contribution in [-0.4, -0.2) is 29.9 Å². The van der Waals surface area contributed by atoms with E-state index in [1.165, 1.54) is 0 Å². The van der Waals surface area contributed by atoms with Gasteiger partial charge in [-0.05, 0) is 49.5 Å². The van der Waals surface area contributed by atoms with Gasteiger partial charge in [-0.1, -0.05) is 33.6 Å². The van der Waals surface area contributed by atoms with Gasteiger partial charge in [-0.2, -0.15) is 0 Å². The lowest BCUT2D eigenvalue weighted by Gasteiger charge is -2.44. The molecule has 2 atom stereocenters. The number of benzene rings is 1. The highest BCUT2D eigenvalue weighted by atomic mass is 79.9. The van der Waals surface area contributed by atoms with Crippen LogP contribution in [0, 0.1) is 5.92 Å². The molecule has 108 valence electrons. The van der Waals surface area contributed by atoms with Gasteiger partial charge in [0.25, 0.3) is 0 Å². The van der Waals surface area contributed by atoms with Crippen LogP contribution in [0.2, 0.25) is 5.02 Å². The molecule has 2 aliphatic heterocycles. The van der Waals surface area contributed by atoms with Crippen LogP contribution >= 0.6 is 27.5 Å². The van der Waals surface area contributed by atoms with Crippen molar-refractivity contribution in [3.05, 3.63) is 33.3 Å². The molecule has 1 amide bonds. The van der Waals surface area contributed by atoms with E-state index in [9.17, 15) is 4.79 Å². The zero-order valence-corrected chi connectivity index (χ0v) is 13.6. The maximum Gasteiger partial charge on any atom is 0.223 e. The minimum atomic E-state index is 0.270. The third-order valence-electron chi connectivity index (χ3n) is 4.37. The Kier molecular flexibility index (Phi) is 4.34. The number of rotatable bonds is 2. The molecule has 1 N–H and O–H groups in total. The summed E-state index contributed by atoms with van der Waals surface area (Å²) >= 11 is 9.71. The number of halogens is 2. The van der Waals surface area contributed by atoms with Crippen molar-refractivity contribution in [3.63, 3.8) is 0 Å². The molecule has 2 fully saturated rings. The summed E-state index contributed by atoms with van der Waals surface area (Å²) < 4.78 is 0.968. The van der Waals surface area contributed by atoms with E-state index in [-0.39, 0.29) is 5.91 Å². The molecular formula is C15H18BrClN2O. The third-order valence-corrected chi connectivity index (χ3v) is 5.22. The molecule has 2 aliphatic rings. The SMILES string of the molecule is O=C1CCC2CNCCC2N1Cc1ccc(Br)cc1Cl. The van der Waals surface area contributed by atoms with E-state index >= 15 is 0 Å². The summed E-state index contributed by atoms with van der Waals surface area (Å²) in [6, 6.07) is 6.25. The van der Waals surface area contributed by atoms with E-state index in [2.05, 4.69) is 21.2 Å². The van der Waals surface area contributed by atoms with Gasteiger partial charge in [0.1, 0.15) is 0 Å². The number of carbonyl (C=O) groups excluding carboxylic acids is 1. The van der Waals surface area contributed by atoms with E-state index in [0.29, 0.717) is 24.9 Å². The van der Waals surface area contributed by atoms with Gasteiger partial charge in [-0.15, -0.1) is 0 Å². The first-order chi connectivity index (χ1) is 9.65. The summed E-state index contributed by atoms with van der Waals surface area (Å²) in [5.41, 5.74) is 1.03. The third kappa shape index (κ3) is 2.87. The van der Waals surface area contributed by atoms with Crippen LogP contribution < -0.4 is 5.32 Å². The summed E-state index contributed by atoms with van der Waals surface area (Å²) in [6.07, 6.45) is 2.72. The summed E-state index contributed by atoms with van der Waals surface area (Å²) in [5, 5.41) is 4.16. The van der Waals surface area contributed by atoms with E-state index in [0.717, 1.165) is 41.0 Å². The van der Waals surface area contributed by atoms with Crippen molar-refractivity contribution in [2.45, 2.75) is 31.8 Å². The fourth-order valence-electron chi connectivity index (χ4n) is 3.29. The van der Waals surface area contributed by atoms with Crippen molar-refractivity contribution in [2.24, 2.45) is 5.92 Å². The van der Waals surface area contributed by atoms with E-state index in [1.54, 1.807) is 0 Å². The molecule has 0 radical (unpaired) electrons. The number of nitrogens with one attached hydrogen (secondary N) is 1. The van der Waals surface area contributed by atoms with Crippen molar-refractivity contribution in [1.29, 1.82) is 0 Å². The van der Waals surface area contributed by atoms with Crippen LogP contribution in [0.5, 0.6) is 0 Å². The monoisotopic (exact) mass is 356 g/mol. The largest absolute Gasteiger partial charge is 0.335 e. The standard InChI is InChI=1S/C15H18BrClN2O/c16-12-3-1-11(13(17)7-12)9-19-14-5-6-18-8-10(14)2-4-15(19)20/h1,3,7,10,14,18H,2,4-6,8-9H2. The van der Waals surface area contributed by atoms with E-state index in [1.807, 2.05) is 23.1 Å². The fourth-order valence-corrected chi connectivity index (χ4v) is 4.02. The Labute approximate surface area is 132 Å². The van der Waals surface area contributed by atoms with Crippen molar-refractivity contribution in [3.8, 4) is 0 Å². The lowest BCUT2D eigenvalue weighted by molar-refractivity contribution is -0.140. The summed E-state index contributed by atoms with van der Waals surface area (Å²) in [6.45, 7) is 2.66. The molecule has 2 saturated heterocycles. The lowest BCUT2D eigenvalue weighted by Crippen LogP contribution is -2.54. The quantitative estimate of drug-likeness (QED) is 0.881. The Hall–Kier alpha value is -0.580. The summed E-state index contributed by atoms with van der Waals surface area (Å²) in [7, 11) is 0. The number of hydrogen-bond acceptors (Lipinski definition) is 2. The first-order valence-corrected chi connectivity index (χ1v) is 8.26. The maximum absolute atomic E-state index is 12.3. The average Bonchev–Trinajstić information content (AvgIpc) is 2.44. The Balaban J connectivity index is 1.81. The molecule has 0 spiro atoms. The van der Waals surface area contributed by atoms with Crippen LogP contribution in [0.25, 0.3) is 0 Å². The number of nitrogens with zero attached hydrogens (tertiary/aromatic N) is 1. The lowest BCUT2D eigenvalue weighted by atomic mass is 9.84.